The molecule has 0 fully saturated rings. The summed E-state index contributed by atoms with van der Waals surface area (Å²) in [7, 11) is 0. The predicted octanol–water partition coefficient (Wildman–Crippen LogP) is 6.31. The van der Waals surface area contributed by atoms with E-state index in [1.54, 1.807) is 16.7 Å². The summed E-state index contributed by atoms with van der Waals surface area (Å²) in [5.74, 6) is 1.42. The van der Waals surface area contributed by atoms with Crippen LogP contribution >= 0.6 is 0 Å². The Morgan fingerprint density at radius 1 is 1.17 bits per heavy atom. The quantitative estimate of drug-likeness (QED) is 0.511. The van der Waals surface area contributed by atoms with Crippen LogP contribution in [0.3, 0.4) is 0 Å². The molecule has 0 aromatic rings. The minimum Gasteiger partial charge on any atom is -0.103 e. The van der Waals surface area contributed by atoms with Crippen LogP contribution in [0.1, 0.15) is 67.2 Å². The Bertz CT molecular complexity index is 300. The molecule has 18 heavy (non-hydrogen) atoms. The molecule has 0 aromatic carbocycles. The van der Waals surface area contributed by atoms with Crippen LogP contribution in [0.15, 0.2) is 35.5 Å². The first-order chi connectivity index (χ1) is 8.49. The van der Waals surface area contributed by atoms with Crippen molar-refractivity contribution in [3.05, 3.63) is 35.5 Å². The van der Waals surface area contributed by atoms with Gasteiger partial charge in [-0.15, -0.1) is 6.58 Å². The average Bonchev–Trinajstić information content (AvgIpc) is 2.37. The summed E-state index contributed by atoms with van der Waals surface area (Å²) in [5, 5.41) is 0. The van der Waals surface area contributed by atoms with E-state index in [1.807, 2.05) is 6.08 Å². The summed E-state index contributed by atoms with van der Waals surface area (Å²) in [6.45, 7) is 17.1. The first kappa shape index (κ1) is 17.2. The van der Waals surface area contributed by atoms with Gasteiger partial charge in [0.2, 0.25) is 0 Å². The maximum Gasteiger partial charge on any atom is -0.0219 e. The van der Waals surface area contributed by atoms with Gasteiger partial charge in [-0.3, -0.25) is 0 Å². The monoisotopic (exact) mass is 248 g/mol. The molecule has 0 nitrogen and oxygen atoms in total. The largest absolute Gasteiger partial charge is 0.103 e. The molecular weight excluding hydrogens is 216 g/mol. The van der Waals surface area contributed by atoms with Crippen LogP contribution in [0, 0.1) is 11.8 Å². The van der Waals surface area contributed by atoms with E-state index in [0.717, 1.165) is 12.3 Å². The lowest BCUT2D eigenvalue weighted by molar-refractivity contribution is 0.657. The van der Waals surface area contributed by atoms with E-state index in [0.29, 0.717) is 5.92 Å². The molecule has 104 valence electrons. The Kier molecular flexibility index (Phi) is 8.79. The van der Waals surface area contributed by atoms with Gasteiger partial charge in [0.05, 0.1) is 0 Å². The van der Waals surface area contributed by atoms with Crippen molar-refractivity contribution in [1.82, 2.24) is 0 Å². The topological polar surface area (TPSA) is 0 Å². The fourth-order valence-electron chi connectivity index (χ4n) is 2.50. The Morgan fingerprint density at radius 2 is 1.72 bits per heavy atom. The van der Waals surface area contributed by atoms with Crippen LogP contribution in [0.25, 0.3) is 0 Å². The van der Waals surface area contributed by atoms with Gasteiger partial charge in [0, 0.05) is 0 Å². The fourth-order valence-corrected chi connectivity index (χ4v) is 2.50. The van der Waals surface area contributed by atoms with Crippen LogP contribution in [0.5, 0.6) is 0 Å². The molecule has 0 aromatic heterocycles. The summed E-state index contributed by atoms with van der Waals surface area (Å²) in [4.78, 5) is 0. The van der Waals surface area contributed by atoms with Gasteiger partial charge >= 0.3 is 0 Å². The SMILES string of the molecule is C=CCC.CCC1=C(C(C)C)CCC=C1C(C)C. The molecule has 0 heteroatoms. The summed E-state index contributed by atoms with van der Waals surface area (Å²) >= 11 is 0. The van der Waals surface area contributed by atoms with Crippen molar-refractivity contribution in [3.8, 4) is 0 Å². The van der Waals surface area contributed by atoms with Gasteiger partial charge in [0.15, 0.2) is 0 Å². The first-order valence-electron chi connectivity index (χ1n) is 7.52. The van der Waals surface area contributed by atoms with Gasteiger partial charge in [-0.05, 0) is 48.7 Å². The summed E-state index contributed by atoms with van der Waals surface area (Å²) in [5.41, 5.74) is 4.97. The molecule has 0 saturated heterocycles. The molecule has 0 saturated carbocycles. The van der Waals surface area contributed by atoms with Crippen molar-refractivity contribution >= 4 is 0 Å². The Hall–Kier alpha value is -0.780. The highest BCUT2D eigenvalue weighted by molar-refractivity contribution is 5.40. The van der Waals surface area contributed by atoms with Gasteiger partial charge in [0.1, 0.15) is 0 Å². The van der Waals surface area contributed by atoms with Gasteiger partial charge < -0.3 is 0 Å². The van der Waals surface area contributed by atoms with Crippen LogP contribution in [0.4, 0.5) is 0 Å². The molecule has 1 rings (SSSR count). The van der Waals surface area contributed by atoms with E-state index in [1.165, 1.54) is 19.3 Å². The molecule has 0 radical (unpaired) electrons. The highest BCUT2D eigenvalue weighted by Crippen LogP contribution is 2.35. The van der Waals surface area contributed by atoms with Crippen LogP contribution in [-0.2, 0) is 0 Å². The highest BCUT2D eigenvalue weighted by Gasteiger charge is 2.18. The van der Waals surface area contributed by atoms with Gasteiger partial charge in [-0.1, -0.05) is 59.3 Å². The van der Waals surface area contributed by atoms with Crippen molar-refractivity contribution in [3.63, 3.8) is 0 Å². The van der Waals surface area contributed by atoms with Gasteiger partial charge in [-0.2, -0.15) is 0 Å². The van der Waals surface area contributed by atoms with E-state index >= 15 is 0 Å². The van der Waals surface area contributed by atoms with E-state index in [2.05, 4.69) is 54.2 Å². The number of rotatable bonds is 4. The summed E-state index contributed by atoms with van der Waals surface area (Å²) in [6.07, 6.45) is 9.16. The van der Waals surface area contributed by atoms with Crippen molar-refractivity contribution < 1.29 is 0 Å². The Morgan fingerprint density at radius 3 is 2.06 bits per heavy atom. The molecule has 0 unspecified atom stereocenters. The molecule has 0 atom stereocenters. The van der Waals surface area contributed by atoms with Crippen LogP contribution in [-0.4, -0.2) is 0 Å². The van der Waals surface area contributed by atoms with E-state index in [9.17, 15) is 0 Å². The third kappa shape index (κ3) is 5.25. The minimum atomic E-state index is 0.694. The summed E-state index contributed by atoms with van der Waals surface area (Å²) in [6, 6.07) is 0. The Labute approximate surface area is 115 Å². The fraction of sp³-hybridized carbons (Fsp3) is 0.667. The van der Waals surface area contributed by atoms with Gasteiger partial charge in [-0.25, -0.2) is 0 Å². The maximum atomic E-state index is 3.48. The van der Waals surface area contributed by atoms with Crippen molar-refractivity contribution in [2.75, 3.05) is 0 Å². The maximum absolute atomic E-state index is 3.48. The lowest BCUT2D eigenvalue weighted by Crippen LogP contribution is -2.09. The standard InChI is InChI=1S/C14H24.C4H8/c1-6-12-13(10(2)3)8-7-9-14(12)11(4)5;1-3-4-2/h8,10-11H,6-7,9H2,1-5H3;3H,1,4H2,2H3. The second-order valence-electron chi connectivity index (χ2n) is 5.56. The van der Waals surface area contributed by atoms with Crippen LogP contribution < -0.4 is 0 Å². The molecule has 0 aliphatic heterocycles. The van der Waals surface area contributed by atoms with Gasteiger partial charge in [0.25, 0.3) is 0 Å². The molecule has 1 aliphatic carbocycles. The van der Waals surface area contributed by atoms with Crippen molar-refractivity contribution in [1.29, 1.82) is 0 Å². The van der Waals surface area contributed by atoms with Crippen molar-refractivity contribution in [2.45, 2.75) is 67.2 Å². The normalized spacial score (nSPS) is 15.4. The first-order valence-corrected chi connectivity index (χ1v) is 7.52. The third-order valence-corrected chi connectivity index (χ3v) is 3.48. The number of hydrogen-bond acceptors (Lipinski definition) is 0. The molecule has 0 heterocycles. The zero-order valence-electron chi connectivity index (χ0n) is 13.3. The zero-order chi connectivity index (χ0) is 14.1. The number of allylic oxidation sites excluding steroid dienone is 5. The van der Waals surface area contributed by atoms with E-state index in [4.69, 9.17) is 0 Å². The molecule has 0 amide bonds. The second kappa shape index (κ2) is 9.19. The highest BCUT2D eigenvalue weighted by atomic mass is 14.2. The molecular formula is C18H32. The zero-order valence-corrected chi connectivity index (χ0v) is 13.3. The second-order valence-corrected chi connectivity index (χ2v) is 5.56. The molecule has 0 spiro atoms. The lowest BCUT2D eigenvalue weighted by atomic mass is 9.80. The molecule has 0 N–H and O–H groups in total. The Balaban J connectivity index is 0.000000631. The van der Waals surface area contributed by atoms with E-state index < -0.39 is 0 Å². The smallest absolute Gasteiger partial charge is 0.0219 e. The summed E-state index contributed by atoms with van der Waals surface area (Å²) < 4.78 is 0. The predicted molar refractivity (Wildman–Crippen MR) is 84.8 cm³/mol. The minimum absolute atomic E-state index is 0.694. The molecule has 0 bridgehead atoms. The molecule has 1 aliphatic rings. The van der Waals surface area contributed by atoms with E-state index in [-0.39, 0.29) is 0 Å². The van der Waals surface area contributed by atoms with Crippen molar-refractivity contribution in [2.24, 2.45) is 11.8 Å². The van der Waals surface area contributed by atoms with Crippen LogP contribution in [0.2, 0.25) is 0 Å². The third-order valence-electron chi connectivity index (χ3n) is 3.48. The average molecular weight is 248 g/mol. The lowest BCUT2D eigenvalue weighted by Gasteiger charge is -2.26. The number of hydrogen-bond donors (Lipinski definition) is 0.